The first-order valence-electron chi connectivity index (χ1n) is 7.64. The van der Waals surface area contributed by atoms with Crippen molar-refractivity contribution in [1.29, 1.82) is 0 Å². The van der Waals surface area contributed by atoms with Gasteiger partial charge in [0.25, 0.3) is 5.91 Å². The van der Waals surface area contributed by atoms with Crippen molar-refractivity contribution >= 4 is 5.91 Å². The first-order chi connectivity index (χ1) is 12.1. The molecule has 2 heterocycles. The fourth-order valence-corrected chi connectivity index (χ4v) is 2.50. The van der Waals surface area contributed by atoms with Crippen molar-refractivity contribution in [2.24, 2.45) is 7.05 Å². The summed E-state index contributed by atoms with van der Waals surface area (Å²) in [4.78, 5) is 26.5. The molecule has 0 bridgehead atoms. The van der Waals surface area contributed by atoms with Gasteiger partial charge in [0.1, 0.15) is 0 Å². The van der Waals surface area contributed by atoms with Crippen molar-refractivity contribution in [3.8, 4) is 5.88 Å². The van der Waals surface area contributed by atoms with Crippen LogP contribution in [-0.4, -0.2) is 38.0 Å². The Hall–Kier alpha value is -3.36. The minimum absolute atomic E-state index is 0.218. The van der Waals surface area contributed by atoms with Gasteiger partial charge >= 0.3 is 5.69 Å². The Morgan fingerprint density at radius 2 is 2.12 bits per heavy atom. The Kier molecular flexibility index (Phi) is 4.64. The molecule has 0 saturated heterocycles. The Morgan fingerprint density at radius 3 is 2.72 bits per heavy atom. The molecular weight excluding hydrogens is 324 g/mol. The van der Waals surface area contributed by atoms with Crippen LogP contribution < -0.4 is 15.7 Å². The van der Waals surface area contributed by atoms with Crippen LogP contribution in [0.3, 0.4) is 0 Å². The molecule has 1 atom stereocenters. The van der Waals surface area contributed by atoms with Gasteiger partial charge in [-0.05, 0) is 12.0 Å². The van der Waals surface area contributed by atoms with Crippen molar-refractivity contribution in [3.63, 3.8) is 0 Å². The number of ether oxygens (including phenoxy) is 1. The zero-order valence-electron chi connectivity index (χ0n) is 13.8. The molecule has 0 saturated carbocycles. The van der Waals surface area contributed by atoms with E-state index in [0.717, 1.165) is 5.56 Å². The van der Waals surface area contributed by atoms with E-state index >= 15 is 0 Å². The van der Waals surface area contributed by atoms with E-state index in [1.165, 1.54) is 11.8 Å². The largest absolute Gasteiger partial charge is 0.481 e. The number of H-pyrrole nitrogens is 2. The summed E-state index contributed by atoms with van der Waals surface area (Å²) in [7, 11) is 3.19. The maximum absolute atomic E-state index is 12.5. The monoisotopic (exact) mass is 342 g/mol. The summed E-state index contributed by atoms with van der Waals surface area (Å²) < 4.78 is 6.59. The van der Waals surface area contributed by atoms with Gasteiger partial charge in [-0.1, -0.05) is 30.3 Å². The van der Waals surface area contributed by atoms with Gasteiger partial charge < -0.3 is 10.1 Å². The molecule has 0 unspecified atom stereocenters. The molecule has 3 rings (SSSR count). The number of aromatic amines is 2. The molecule has 3 N–H and O–H groups in total. The first kappa shape index (κ1) is 16.5. The van der Waals surface area contributed by atoms with Crippen molar-refractivity contribution < 1.29 is 9.53 Å². The maximum atomic E-state index is 12.5. The SMILES string of the molecule is COc1cc(C(=O)N[C@H](Cc2ccccc2)c2n[nH]c(=O)[nH]2)nn1C. The number of nitrogens with zero attached hydrogens (tertiary/aromatic N) is 3. The van der Waals surface area contributed by atoms with Gasteiger partial charge in [-0.2, -0.15) is 10.2 Å². The van der Waals surface area contributed by atoms with E-state index in [9.17, 15) is 9.59 Å². The van der Waals surface area contributed by atoms with E-state index in [-0.39, 0.29) is 11.6 Å². The number of benzene rings is 1. The van der Waals surface area contributed by atoms with Gasteiger partial charge in [0.05, 0.1) is 13.2 Å². The van der Waals surface area contributed by atoms with E-state index in [1.54, 1.807) is 13.1 Å². The molecule has 9 nitrogen and oxygen atoms in total. The molecule has 0 aliphatic heterocycles. The molecule has 0 radical (unpaired) electrons. The first-order valence-corrected chi connectivity index (χ1v) is 7.64. The summed E-state index contributed by atoms with van der Waals surface area (Å²) in [5, 5.41) is 13.2. The third-order valence-electron chi connectivity index (χ3n) is 3.72. The van der Waals surface area contributed by atoms with E-state index < -0.39 is 11.7 Å². The second kappa shape index (κ2) is 7.04. The fourth-order valence-electron chi connectivity index (χ4n) is 2.50. The van der Waals surface area contributed by atoms with Crippen LogP contribution in [0.25, 0.3) is 0 Å². The van der Waals surface area contributed by atoms with Gasteiger partial charge in [0, 0.05) is 13.1 Å². The molecule has 1 aromatic carbocycles. The number of nitrogens with one attached hydrogen (secondary N) is 3. The Balaban J connectivity index is 1.83. The lowest BCUT2D eigenvalue weighted by molar-refractivity contribution is 0.0929. The zero-order valence-corrected chi connectivity index (χ0v) is 13.8. The molecular formula is C16H18N6O3. The molecule has 2 aromatic heterocycles. The average molecular weight is 342 g/mol. The van der Waals surface area contributed by atoms with E-state index in [4.69, 9.17) is 4.74 Å². The Morgan fingerprint density at radius 1 is 1.36 bits per heavy atom. The highest BCUT2D eigenvalue weighted by molar-refractivity contribution is 5.92. The van der Waals surface area contributed by atoms with Gasteiger partial charge in [-0.15, -0.1) is 0 Å². The molecule has 0 spiro atoms. The fraction of sp³-hybridized carbons (Fsp3) is 0.250. The molecule has 25 heavy (non-hydrogen) atoms. The summed E-state index contributed by atoms with van der Waals surface area (Å²) in [5.41, 5.74) is 0.785. The van der Waals surface area contributed by atoms with Crippen molar-refractivity contribution in [1.82, 2.24) is 30.3 Å². The van der Waals surface area contributed by atoms with Crippen LogP contribution >= 0.6 is 0 Å². The summed E-state index contributed by atoms with van der Waals surface area (Å²) in [6.45, 7) is 0. The summed E-state index contributed by atoms with van der Waals surface area (Å²) in [6.07, 6.45) is 0.470. The smallest absolute Gasteiger partial charge is 0.340 e. The summed E-state index contributed by atoms with van der Waals surface area (Å²) in [5.74, 6) is 0.437. The molecule has 0 aliphatic carbocycles. The van der Waals surface area contributed by atoms with Crippen molar-refractivity contribution in [2.45, 2.75) is 12.5 Å². The zero-order chi connectivity index (χ0) is 17.8. The number of carbonyl (C=O) groups is 1. The van der Waals surface area contributed by atoms with Crippen LogP contribution in [-0.2, 0) is 13.5 Å². The van der Waals surface area contributed by atoms with Crippen LogP contribution in [0.15, 0.2) is 41.2 Å². The number of rotatable bonds is 6. The number of hydrogen-bond donors (Lipinski definition) is 3. The maximum Gasteiger partial charge on any atom is 0.340 e. The van der Waals surface area contributed by atoms with Gasteiger partial charge in [0.15, 0.2) is 11.5 Å². The number of methoxy groups -OCH3 is 1. The van der Waals surface area contributed by atoms with Crippen molar-refractivity contribution in [2.75, 3.05) is 7.11 Å². The van der Waals surface area contributed by atoms with Crippen LogP contribution in [0.4, 0.5) is 0 Å². The molecule has 3 aromatic rings. The lowest BCUT2D eigenvalue weighted by atomic mass is 10.1. The average Bonchev–Trinajstić information content (AvgIpc) is 3.21. The van der Waals surface area contributed by atoms with Gasteiger partial charge in [-0.25, -0.2) is 14.6 Å². The third-order valence-corrected chi connectivity index (χ3v) is 3.72. The number of aromatic nitrogens is 5. The van der Waals surface area contributed by atoms with Crippen LogP contribution in [0.5, 0.6) is 5.88 Å². The third kappa shape index (κ3) is 3.77. The normalized spacial score (nSPS) is 11.9. The topological polar surface area (TPSA) is 118 Å². The van der Waals surface area contributed by atoms with E-state index in [1.807, 2.05) is 30.3 Å². The second-order valence-corrected chi connectivity index (χ2v) is 5.47. The van der Waals surface area contributed by atoms with Gasteiger partial charge in [-0.3, -0.25) is 9.78 Å². The quantitative estimate of drug-likeness (QED) is 0.605. The lowest BCUT2D eigenvalue weighted by Crippen LogP contribution is -2.31. The summed E-state index contributed by atoms with van der Waals surface area (Å²) in [6, 6.07) is 10.6. The highest BCUT2D eigenvalue weighted by Gasteiger charge is 2.22. The lowest BCUT2D eigenvalue weighted by Gasteiger charge is -2.15. The Bertz CT molecular complexity index is 911. The van der Waals surface area contributed by atoms with Crippen molar-refractivity contribution in [3.05, 3.63) is 64.0 Å². The minimum atomic E-state index is -0.512. The highest BCUT2D eigenvalue weighted by Crippen LogP contribution is 2.16. The Labute approximate surface area is 143 Å². The van der Waals surface area contributed by atoms with E-state index in [0.29, 0.717) is 18.1 Å². The molecule has 0 aliphatic rings. The highest BCUT2D eigenvalue weighted by atomic mass is 16.5. The molecule has 9 heteroatoms. The summed E-state index contributed by atoms with van der Waals surface area (Å²) >= 11 is 0. The predicted molar refractivity (Wildman–Crippen MR) is 89.3 cm³/mol. The predicted octanol–water partition coefficient (Wildman–Crippen LogP) is 0.554. The standard InChI is InChI=1S/C16H18N6O3/c1-22-13(25-2)9-12(21-22)15(23)17-11(14-18-16(24)20-19-14)8-10-6-4-3-5-7-10/h3-7,9,11H,8H2,1-2H3,(H,17,23)(H2,18,19,20,24)/t11-/m1/s1. The van der Waals surface area contributed by atoms with E-state index in [2.05, 4.69) is 25.6 Å². The number of amides is 1. The number of carbonyl (C=O) groups excluding carboxylic acids is 1. The number of aryl methyl sites for hydroxylation is 1. The second-order valence-electron chi connectivity index (χ2n) is 5.47. The molecule has 0 fully saturated rings. The molecule has 130 valence electrons. The number of hydrogen-bond acceptors (Lipinski definition) is 5. The van der Waals surface area contributed by atoms with Gasteiger partial charge in [0.2, 0.25) is 5.88 Å². The van der Waals surface area contributed by atoms with Crippen LogP contribution in [0.1, 0.15) is 27.9 Å². The van der Waals surface area contributed by atoms with Crippen LogP contribution in [0, 0.1) is 0 Å². The molecule has 1 amide bonds. The van der Waals surface area contributed by atoms with Crippen LogP contribution in [0.2, 0.25) is 0 Å². The minimum Gasteiger partial charge on any atom is -0.481 e.